The zero-order chi connectivity index (χ0) is 16.7. The van der Waals surface area contributed by atoms with Crippen molar-refractivity contribution in [1.29, 1.82) is 0 Å². The summed E-state index contributed by atoms with van der Waals surface area (Å²) in [6.45, 7) is 9.71. The smallest absolute Gasteiger partial charge is 0.127 e. The van der Waals surface area contributed by atoms with E-state index in [1.807, 2.05) is 0 Å². The standard InChI is InChI=1S/C19H24N4S/c1-4-23-17-8-6-5-7-16(17)20-18-15(13-14(2)24-18)19(23)22-11-9-21(3)10-12-22/h5-8,13H,4,9-12H2,1-3H3. The van der Waals surface area contributed by atoms with Crippen LogP contribution >= 0.6 is 11.3 Å². The molecule has 24 heavy (non-hydrogen) atoms. The number of thiophene rings is 1. The van der Waals surface area contributed by atoms with Crippen molar-refractivity contribution in [2.75, 3.05) is 44.7 Å². The summed E-state index contributed by atoms with van der Waals surface area (Å²) in [5.74, 6) is 1.33. The first-order chi connectivity index (χ1) is 11.7. The maximum atomic E-state index is 5.00. The van der Waals surface area contributed by atoms with Gasteiger partial charge in [-0.15, -0.1) is 11.3 Å². The van der Waals surface area contributed by atoms with Gasteiger partial charge in [0.05, 0.1) is 16.6 Å². The van der Waals surface area contributed by atoms with Gasteiger partial charge in [0.25, 0.3) is 0 Å². The molecule has 2 aromatic rings. The second-order valence-corrected chi connectivity index (χ2v) is 7.77. The molecule has 4 nitrogen and oxygen atoms in total. The zero-order valence-corrected chi connectivity index (χ0v) is 15.4. The molecule has 2 aliphatic heterocycles. The number of anilines is 1. The second-order valence-electron chi connectivity index (χ2n) is 6.53. The molecule has 1 aromatic heterocycles. The van der Waals surface area contributed by atoms with Crippen LogP contribution in [0.2, 0.25) is 0 Å². The Morgan fingerprint density at radius 2 is 1.88 bits per heavy atom. The van der Waals surface area contributed by atoms with Gasteiger partial charge >= 0.3 is 0 Å². The van der Waals surface area contributed by atoms with E-state index < -0.39 is 0 Å². The highest BCUT2D eigenvalue weighted by atomic mass is 32.1. The Morgan fingerprint density at radius 1 is 1.12 bits per heavy atom. The molecule has 0 unspecified atom stereocenters. The average molecular weight is 340 g/mol. The van der Waals surface area contributed by atoms with Gasteiger partial charge in [-0.25, -0.2) is 4.99 Å². The summed E-state index contributed by atoms with van der Waals surface area (Å²) in [6, 6.07) is 10.8. The van der Waals surface area contributed by atoms with Crippen LogP contribution in [0.15, 0.2) is 35.3 Å². The van der Waals surface area contributed by atoms with Gasteiger partial charge in [0.1, 0.15) is 10.5 Å². The van der Waals surface area contributed by atoms with E-state index in [0.29, 0.717) is 0 Å². The quantitative estimate of drug-likeness (QED) is 0.836. The number of nitrogens with zero attached hydrogens (tertiary/aromatic N) is 4. The maximum Gasteiger partial charge on any atom is 0.127 e. The van der Waals surface area contributed by atoms with E-state index in [1.54, 1.807) is 11.3 Å². The van der Waals surface area contributed by atoms with Crippen LogP contribution in [0.4, 0.5) is 11.4 Å². The summed E-state index contributed by atoms with van der Waals surface area (Å²) < 4.78 is 1.14. The molecule has 0 N–H and O–H groups in total. The van der Waals surface area contributed by atoms with Crippen LogP contribution in [0.25, 0.3) is 5.82 Å². The maximum absolute atomic E-state index is 5.00. The Bertz CT molecular complexity index is 862. The van der Waals surface area contributed by atoms with E-state index in [9.17, 15) is 0 Å². The van der Waals surface area contributed by atoms with Crippen molar-refractivity contribution in [3.8, 4) is 0 Å². The van der Waals surface area contributed by atoms with Crippen molar-refractivity contribution < 1.29 is 0 Å². The zero-order valence-electron chi connectivity index (χ0n) is 14.6. The lowest BCUT2D eigenvalue weighted by Crippen LogP contribution is -2.49. The first-order valence-corrected chi connectivity index (χ1v) is 9.48. The monoisotopic (exact) mass is 340 g/mol. The number of fused-ring (bicyclic) bond motifs is 2. The highest BCUT2D eigenvalue weighted by molar-refractivity contribution is 7.09. The van der Waals surface area contributed by atoms with E-state index in [4.69, 9.17) is 4.99 Å². The molecule has 0 aliphatic carbocycles. The number of hydrogen-bond acceptors (Lipinski definition) is 5. The Morgan fingerprint density at radius 3 is 2.62 bits per heavy atom. The third-order valence-electron chi connectivity index (χ3n) is 4.85. The summed E-state index contributed by atoms with van der Waals surface area (Å²) >= 11 is 1.80. The first kappa shape index (κ1) is 15.7. The van der Waals surface area contributed by atoms with Crippen LogP contribution in [0.3, 0.4) is 0 Å². The summed E-state index contributed by atoms with van der Waals surface area (Å²) in [5, 5.41) is 1.29. The van der Waals surface area contributed by atoms with Crippen LogP contribution in [0.1, 0.15) is 11.8 Å². The fourth-order valence-corrected chi connectivity index (χ4v) is 4.47. The third-order valence-corrected chi connectivity index (χ3v) is 5.79. The van der Waals surface area contributed by atoms with E-state index in [-0.39, 0.29) is 0 Å². The van der Waals surface area contributed by atoms with Crippen molar-refractivity contribution in [1.82, 2.24) is 9.80 Å². The molecule has 0 amide bonds. The highest BCUT2D eigenvalue weighted by Gasteiger charge is 2.25. The molecule has 0 spiro atoms. The summed E-state index contributed by atoms with van der Waals surface area (Å²) in [5.41, 5.74) is 2.29. The fraction of sp³-hybridized carbons (Fsp3) is 0.421. The van der Waals surface area contributed by atoms with E-state index in [0.717, 1.165) is 43.1 Å². The molecule has 1 fully saturated rings. The van der Waals surface area contributed by atoms with Gasteiger partial charge in [-0.3, -0.25) is 0 Å². The van der Waals surface area contributed by atoms with Gasteiger partial charge in [-0.05, 0) is 39.1 Å². The molecule has 1 aromatic carbocycles. The molecule has 0 saturated carbocycles. The number of para-hydroxylation sites is 2. The molecule has 0 atom stereocenters. The predicted octanol–water partition coefficient (Wildman–Crippen LogP) is 2.16. The van der Waals surface area contributed by atoms with Gasteiger partial charge < -0.3 is 14.7 Å². The molecular formula is C19H24N4S. The summed E-state index contributed by atoms with van der Waals surface area (Å²) in [6.07, 6.45) is 0. The number of hydrogen-bond donors (Lipinski definition) is 0. The van der Waals surface area contributed by atoms with Crippen LogP contribution in [-0.2, 0) is 0 Å². The molecular weight excluding hydrogens is 316 g/mol. The minimum absolute atomic E-state index is 0.947. The van der Waals surface area contributed by atoms with E-state index >= 15 is 0 Å². The lowest BCUT2D eigenvalue weighted by molar-refractivity contribution is 0.203. The Hall–Kier alpha value is -1.85. The number of likely N-dealkylation sites (N-methyl/N-ethyl adjacent to an activating group) is 1. The van der Waals surface area contributed by atoms with Crippen molar-refractivity contribution >= 4 is 28.5 Å². The van der Waals surface area contributed by atoms with Crippen molar-refractivity contribution in [2.24, 2.45) is 4.99 Å². The molecule has 0 radical (unpaired) electrons. The minimum Gasteiger partial charge on any atom is -0.355 e. The largest absolute Gasteiger partial charge is 0.355 e. The highest BCUT2D eigenvalue weighted by Crippen LogP contribution is 2.33. The van der Waals surface area contributed by atoms with Gasteiger partial charge in [-0.1, -0.05) is 12.1 Å². The average Bonchev–Trinajstić information content (AvgIpc) is 2.88. The number of rotatable bonds is 2. The molecule has 5 heteroatoms. The van der Waals surface area contributed by atoms with Crippen LogP contribution in [0.5, 0.6) is 0 Å². The predicted molar refractivity (Wildman–Crippen MR) is 101 cm³/mol. The van der Waals surface area contributed by atoms with Crippen molar-refractivity contribution in [3.05, 3.63) is 45.1 Å². The first-order valence-electron chi connectivity index (χ1n) is 8.67. The lowest BCUT2D eigenvalue weighted by Gasteiger charge is -2.40. The van der Waals surface area contributed by atoms with Crippen LogP contribution < -0.4 is 14.8 Å². The Labute approximate surface area is 147 Å². The number of benzene rings is 1. The van der Waals surface area contributed by atoms with E-state index in [1.165, 1.54) is 21.6 Å². The SMILES string of the molecule is CCN1C(N2CCN(C)CC2)=c2cc(C)sc2=Nc2ccccc21. The van der Waals surface area contributed by atoms with Gasteiger partial charge in [-0.2, -0.15) is 0 Å². The molecule has 2 aliphatic rings. The van der Waals surface area contributed by atoms with Gasteiger partial charge in [0, 0.05) is 37.6 Å². The van der Waals surface area contributed by atoms with Crippen molar-refractivity contribution in [2.45, 2.75) is 13.8 Å². The van der Waals surface area contributed by atoms with Gasteiger partial charge in [0.15, 0.2) is 0 Å². The number of aryl methyl sites for hydroxylation is 1. The third kappa shape index (κ3) is 2.62. The van der Waals surface area contributed by atoms with Crippen molar-refractivity contribution in [3.63, 3.8) is 0 Å². The summed E-state index contributed by atoms with van der Waals surface area (Å²) in [7, 11) is 2.21. The number of piperazine rings is 1. The van der Waals surface area contributed by atoms with Crippen LogP contribution in [-0.4, -0.2) is 49.6 Å². The Balaban J connectivity index is 1.95. The fourth-order valence-electron chi connectivity index (χ4n) is 3.58. The van der Waals surface area contributed by atoms with E-state index in [2.05, 4.69) is 65.9 Å². The van der Waals surface area contributed by atoms with Gasteiger partial charge in [0.2, 0.25) is 0 Å². The molecule has 1 saturated heterocycles. The Kier molecular flexibility index (Phi) is 4.06. The topological polar surface area (TPSA) is 22.1 Å². The molecule has 4 rings (SSSR count). The molecule has 0 bridgehead atoms. The molecule has 126 valence electrons. The second kappa shape index (κ2) is 6.22. The molecule has 3 heterocycles. The lowest BCUT2D eigenvalue weighted by atomic mass is 10.2. The minimum atomic E-state index is 0.947. The van der Waals surface area contributed by atoms with Crippen LogP contribution in [0, 0.1) is 6.92 Å². The summed E-state index contributed by atoms with van der Waals surface area (Å²) in [4.78, 5) is 13.7. The normalized spacial score (nSPS) is 18.0.